The van der Waals surface area contributed by atoms with Gasteiger partial charge in [0, 0.05) is 24.1 Å². The van der Waals surface area contributed by atoms with Crippen molar-refractivity contribution in [2.24, 2.45) is 0 Å². The van der Waals surface area contributed by atoms with Gasteiger partial charge in [-0.05, 0) is 48.9 Å². The van der Waals surface area contributed by atoms with Crippen molar-refractivity contribution in [1.29, 1.82) is 0 Å². The minimum absolute atomic E-state index is 0.00410. The molecule has 0 bridgehead atoms. The van der Waals surface area contributed by atoms with E-state index < -0.39 is 0 Å². The first-order valence-electron chi connectivity index (χ1n) is 10.9. The number of benzene rings is 1. The first kappa shape index (κ1) is 20.5. The van der Waals surface area contributed by atoms with Gasteiger partial charge in [0.15, 0.2) is 0 Å². The van der Waals surface area contributed by atoms with Crippen LogP contribution < -0.4 is 16.0 Å². The van der Waals surface area contributed by atoms with E-state index in [4.69, 9.17) is 0 Å². The second-order valence-electron chi connectivity index (χ2n) is 8.46. The highest BCUT2D eigenvalue weighted by Crippen LogP contribution is 2.39. The van der Waals surface area contributed by atoms with Gasteiger partial charge < -0.3 is 16.0 Å². The molecule has 3 aliphatic rings. The number of hydrogen-bond donors (Lipinski definition) is 4. The van der Waals surface area contributed by atoms with E-state index in [2.05, 4.69) is 43.7 Å². The molecule has 7 nitrogen and oxygen atoms in total. The van der Waals surface area contributed by atoms with Crippen LogP contribution in [0.3, 0.4) is 0 Å². The van der Waals surface area contributed by atoms with Crippen LogP contribution in [-0.4, -0.2) is 52.3 Å². The number of thioether (sulfide) groups is 1. The number of carbonyl (C=O) groups excluding carboxylic acids is 2. The first-order valence-corrected chi connectivity index (χ1v) is 11.9. The molecule has 5 rings (SSSR count). The summed E-state index contributed by atoms with van der Waals surface area (Å²) in [5, 5.41) is 18.8. The van der Waals surface area contributed by atoms with Crippen LogP contribution in [0, 0.1) is 0 Å². The van der Waals surface area contributed by atoms with E-state index in [0.717, 1.165) is 37.9 Å². The Kier molecular flexibility index (Phi) is 5.93. The van der Waals surface area contributed by atoms with Crippen LogP contribution in [0.1, 0.15) is 53.3 Å². The molecule has 1 aromatic carbocycles. The number of allylic oxidation sites excluding steroid dienone is 1. The summed E-state index contributed by atoms with van der Waals surface area (Å²) >= 11 is 1.62. The number of nitrogens with zero attached hydrogens (tertiary/aromatic N) is 1. The Morgan fingerprint density at radius 3 is 2.77 bits per heavy atom. The summed E-state index contributed by atoms with van der Waals surface area (Å²) in [7, 11) is 0. The van der Waals surface area contributed by atoms with E-state index >= 15 is 0 Å². The third-order valence-electron chi connectivity index (χ3n) is 6.30. The molecule has 162 valence electrons. The van der Waals surface area contributed by atoms with Gasteiger partial charge in [-0.3, -0.25) is 14.7 Å². The van der Waals surface area contributed by atoms with Crippen LogP contribution in [0.4, 0.5) is 0 Å². The van der Waals surface area contributed by atoms with Crippen molar-refractivity contribution >= 4 is 29.0 Å². The number of hydrogen-bond acceptors (Lipinski definition) is 6. The fourth-order valence-electron chi connectivity index (χ4n) is 4.43. The second-order valence-corrected chi connectivity index (χ2v) is 9.53. The number of aromatic nitrogens is 2. The Labute approximate surface area is 185 Å². The van der Waals surface area contributed by atoms with Gasteiger partial charge in [-0.1, -0.05) is 30.3 Å². The number of H-pyrrole nitrogens is 1. The molecule has 1 aromatic heterocycles. The zero-order valence-electron chi connectivity index (χ0n) is 17.3. The molecule has 2 fully saturated rings. The lowest BCUT2D eigenvalue weighted by Crippen LogP contribution is -2.43. The average Bonchev–Trinajstić information content (AvgIpc) is 3.21. The molecule has 31 heavy (non-hydrogen) atoms. The number of amides is 1. The van der Waals surface area contributed by atoms with Gasteiger partial charge in [-0.25, -0.2) is 0 Å². The van der Waals surface area contributed by atoms with Crippen molar-refractivity contribution in [3.8, 4) is 0 Å². The number of carbonyl (C=O) groups is 2. The molecule has 2 saturated heterocycles. The maximum atomic E-state index is 12.9. The van der Waals surface area contributed by atoms with Crippen molar-refractivity contribution < 1.29 is 9.59 Å². The quantitative estimate of drug-likeness (QED) is 0.496. The molecule has 0 spiro atoms. The summed E-state index contributed by atoms with van der Waals surface area (Å²) in [5.74, 6) is 0.151. The van der Waals surface area contributed by atoms with Gasteiger partial charge in [-0.15, -0.1) is 11.8 Å². The van der Waals surface area contributed by atoms with E-state index in [-0.39, 0.29) is 35.1 Å². The molecule has 0 aliphatic carbocycles. The summed E-state index contributed by atoms with van der Waals surface area (Å²) in [5.41, 5.74) is 3.78. The normalized spacial score (nSPS) is 25.8. The summed E-state index contributed by atoms with van der Waals surface area (Å²) in [6.45, 7) is 1.85. The molecule has 0 saturated carbocycles. The molecule has 4 heterocycles. The highest BCUT2D eigenvalue weighted by Gasteiger charge is 2.43. The zero-order chi connectivity index (χ0) is 21.2. The van der Waals surface area contributed by atoms with Gasteiger partial charge in [-0.2, -0.15) is 5.10 Å². The number of piperidine rings is 1. The number of nitrogens with one attached hydrogen (secondary N) is 4. The Bertz CT molecular complexity index is 983. The molecular weight excluding hydrogens is 410 g/mol. The minimum Gasteiger partial charge on any atom is -0.348 e. The maximum Gasteiger partial charge on any atom is 0.269 e. The lowest BCUT2D eigenvalue weighted by molar-refractivity contribution is -0.118. The molecule has 3 aliphatic heterocycles. The zero-order valence-corrected chi connectivity index (χ0v) is 18.1. The van der Waals surface area contributed by atoms with Crippen LogP contribution in [0.2, 0.25) is 0 Å². The topological polar surface area (TPSA) is 109 Å². The van der Waals surface area contributed by atoms with E-state index in [1.807, 2.05) is 18.2 Å². The largest absolute Gasteiger partial charge is 0.348 e. The lowest BCUT2D eigenvalue weighted by Gasteiger charge is -2.23. The van der Waals surface area contributed by atoms with Crippen molar-refractivity contribution in [3.63, 3.8) is 0 Å². The number of Topliss-reactive ketones (excluding diaryl/α,β-unsaturated/α-hetero) is 1. The Morgan fingerprint density at radius 2 is 1.97 bits per heavy atom. The monoisotopic (exact) mass is 437 g/mol. The molecule has 1 amide bonds. The van der Waals surface area contributed by atoms with E-state index in [0.29, 0.717) is 12.1 Å². The van der Waals surface area contributed by atoms with Crippen molar-refractivity contribution in [1.82, 2.24) is 26.1 Å². The fraction of sp³-hybridized carbons (Fsp3) is 0.435. The molecule has 8 heteroatoms. The van der Waals surface area contributed by atoms with Gasteiger partial charge in [0.05, 0.1) is 17.5 Å². The lowest BCUT2D eigenvalue weighted by atomic mass is 9.99. The summed E-state index contributed by atoms with van der Waals surface area (Å²) < 4.78 is 0. The van der Waals surface area contributed by atoms with E-state index in [1.165, 1.54) is 11.1 Å². The van der Waals surface area contributed by atoms with Crippen LogP contribution in [-0.2, 0) is 4.79 Å². The van der Waals surface area contributed by atoms with E-state index in [9.17, 15) is 9.59 Å². The van der Waals surface area contributed by atoms with Crippen molar-refractivity contribution in [2.45, 2.75) is 49.1 Å². The predicted molar refractivity (Wildman–Crippen MR) is 122 cm³/mol. The van der Waals surface area contributed by atoms with Crippen LogP contribution >= 0.6 is 11.8 Å². The Morgan fingerprint density at radius 1 is 1.16 bits per heavy atom. The van der Waals surface area contributed by atoms with Crippen molar-refractivity contribution in [3.05, 3.63) is 58.8 Å². The summed E-state index contributed by atoms with van der Waals surface area (Å²) in [6, 6.07) is 10.5. The smallest absolute Gasteiger partial charge is 0.269 e. The second kappa shape index (κ2) is 8.98. The fourth-order valence-corrected chi connectivity index (χ4v) is 5.52. The highest BCUT2D eigenvalue weighted by atomic mass is 32.2. The predicted octanol–water partition coefficient (Wildman–Crippen LogP) is 2.41. The third-order valence-corrected chi connectivity index (χ3v) is 7.48. The molecule has 4 N–H and O–H groups in total. The average molecular weight is 438 g/mol. The molecular formula is C23H27N5O2S. The first-order chi connectivity index (χ1) is 15.2. The Balaban J connectivity index is 1.15. The standard InChI is InChI=1S/C23H27N5O2S/c29-19(20-10-15(13-31-20)14-4-2-1-3-5-14)11-18-21(27-18)17-12-25-28-22(17)23(30)26-16-6-8-24-9-7-16/h1-5,12-13,16,18,20-21,24,27H,6-11H2,(H,25,28)(H,26,30). The number of rotatable bonds is 7. The molecule has 3 unspecified atom stereocenters. The van der Waals surface area contributed by atoms with Gasteiger partial charge >= 0.3 is 0 Å². The molecule has 2 aromatic rings. The van der Waals surface area contributed by atoms with Gasteiger partial charge in [0.1, 0.15) is 11.5 Å². The van der Waals surface area contributed by atoms with E-state index in [1.54, 1.807) is 18.0 Å². The van der Waals surface area contributed by atoms with Crippen LogP contribution in [0.5, 0.6) is 0 Å². The van der Waals surface area contributed by atoms with Crippen molar-refractivity contribution in [2.75, 3.05) is 13.1 Å². The van der Waals surface area contributed by atoms with Gasteiger partial charge in [0.25, 0.3) is 5.91 Å². The maximum absolute atomic E-state index is 12.9. The number of ketones is 1. The summed E-state index contributed by atoms with van der Waals surface area (Å²) in [6.07, 6.45) is 4.83. The molecule has 0 radical (unpaired) electrons. The molecule has 3 atom stereocenters. The third kappa shape index (κ3) is 4.61. The van der Waals surface area contributed by atoms with Crippen LogP contribution in [0.15, 0.2) is 41.9 Å². The Hall–Kier alpha value is -2.42. The highest BCUT2D eigenvalue weighted by molar-refractivity contribution is 8.03. The number of aromatic amines is 1. The van der Waals surface area contributed by atoms with Gasteiger partial charge in [0.2, 0.25) is 0 Å². The summed E-state index contributed by atoms with van der Waals surface area (Å²) in [4.78, 5) is 25.6. The minimum atomic E-state index is -0.110. The SMILES string of the molecule is O=C(NC1CCNCC1)c1[nH]ncc1C1NC1CC(=O)C1CC(c2ccccc2)=CS1. The van der Waals surface area contributed by atoms with Crippen LogP contribution in [0.25, 0.3) is 5.57 Å².